The van der Waals surface area contributed by atoms with Crippen LogP contribution in [0.15, 0.2) is 17.5 Å². The van der Waals surface area contributed by atoms with Crippen molar-refractivity contribution >= 4 is 28.9 Å². The van der Waals surface area contributed by atoms with Gasteiger partial charge in [-0.3, -0.25) is 14.4 Å². The quantitative estimate of drug-likeness (QED) is 0.527. The zero-order chi connectivity index (χ0) is 16.4. The number of nitrogens with one attached hydrogen (secondary N) is 2. The third kappa shape index (κ3) is 3.45. The van der Waals surface area contributed by atoms with Gasteiger partial charge in [0.2, 0.25) is 5.91 Å². The van der Waals surface area contributed by atoms with E-state index < -0.39 is 30.2 Å². The second kappa shape index (κ2) is 6.80. The lowest BCUT2D eigenvalue weighted by Gasteiger charge is -2.25. The Morgan fingerprint density at radius 2 is 2.13 bits per heavy atom. The van der Waals surface area contributed by atoms with Crippen LogP contribution in [0.5, 0.6) is 0 Å². The Morgan fingerprint density at radius 3 is 2.70 bits per heavy atom. The van der Waals surface area contributed by atoms with E-state index in [0.717, 1.165) is 30.6 Å². The molecule has 1 aromatic heterocycles. The van der Waals surface area contributed by atoms with Crippen LogP contribution in [0, 0.1) is 11.8 Å². The Bertz CT molecular complexity index is 601. The van der Waals surface area contributed by atoms with Crippen LogP contribution < -0.4 is 10.6 Å². The molecule has 2 fully saturated rings. The summed E-state index contributed by atoms with van der Waals surface area (Å²) in [6.07, 6.45) is 4.48. The lowest BCUT2D eigenvalue weighted by molar-refractivity contribution is -0.129. The van der Waals surface area contributed by atoms with Crippen molar-refractivity contribution in [3.8, 4) is 0 Å². The van der Waals surface area contributed by atoms with Crippen LogP contribution in [0.2, 0.25) is 0 Å². The van der Waals surface area contributed by atoms with E-state index in [4.69, 9.17) is 0 Å². The fraction of sp³-hybridized carbons (Fsp3) is 0.562. The number of hydrogen-bond acceptors (Lipinski definition) is 5. The Morgan fingerprint density at radius 1 is 1.30 bits per heavy atom. The van der Waals surface area contributed by atoms with Crippen molar-refractivity contribution in [1.29, 1.82) is 0 Å². The van der Waals surface area contributed by atoms with Crippen molar-refractivity contribution in [3.05, 3.63) is 22.4 Å². The summed E-state index contributed by atoms with van der Waals surface area (Å²) in [7, 11) is 0. The molecule has 4 atom stereocenters. The third-order valence-electron chi connectivity index (χ3n) is 4.82. The van der Waals surface area contributed by atoms with Gasteiger partial charge in [-0.05, 0) is 42.5 Å². The number of Topliss-reactive ketones (excluding diaryl/α,β-unsaturated/α-hetero) is 1. The van der Waals surface area contributed by atoms with Crippen molar-refractivity contribution in [2.45, 2.75) is 37.8 Å². The van der Waals surface area contributed by atoms with E-state index in [-0.39, 0.29) is 6.04 Å². The molecule has 0 saturated heterocycles. The number of aliphatic hydroxyl groups excluding tert-OH is 1. The summed E-state index contributed by atoms with van der Waals surface area (Å²) in [4.78, 5) is 36.4. The summed E-state index contributed by atoms with van der Waals surface area (Å²) in [6.45, 7) is -0.532. The molecule has 23 heavy (non-hydrogen) atoms. The second-order valence-corrected chi connectivity index (χ2v) is 7.25. The number of ketones is 1. The highest BCUT2D eigenvalue weighted by molar-refractivity contribution is 7.13. The van der Waals surface area contributed by atoms with Crippen LogP contribution in [0.25, 0.3) is 0 Å². The molecule has 2 aliphatic carbocycles. The molecule has 1 aromatic rings. The molecule has 0 aliphatic heterocycles. The van der Waals surface area contributed by atoms with Gasteiger partial charge in [0.1, 0.15) is 6.04 Å². The average Bonchev–Trinajstić information content (AvgIpc) is 3.28. The molecule has 2 aliphatic rings. The van der Waals surface area contributed by atoms with E-state index in [9.17, 15) is 19.5 Å². The zero-order valence-corrected chi connectivity index (χ0v) is 13.5. The normalized spacial score (nSPS) is 26.7. The van der Waals surface area contributed by atoms with E-state index in [1.165, 1.54) is 6.42 Å². The van der Waals surface area contributed by atoms with E-state index in [0.29, 0.717) is 16.7 Å². The fourth-order valence-electron chi connectivity index (χ4n) is 3.64. The number of fused-ring (bicyclic) bond motifs is 2. The summed E-state index contributed by atoms with van der Waals surface area (Å²) in [5.41, 5.74) is 0. The molecule has 0 aromatic carbocycles. The second-order valence-electron chi connectivity index (χ2n) is 6.30. The maximum Gasteiger partial charge on any atom is 0.293 e. The van der Waals surface area contributed by atoms with Gasteiger partial charge in [-0.25, -0.2) is 0 Å². The number of aliphatic hydroxyl groups is 1. The number of carbonyl (C=O) groups is 3. The van der Waals surface area contributed by atoms with Crippen LogP contribution in [-0.4, -0.2) is 41.4 Å². The summed E-state index contributed by atoms with van der Waals surface area (Å²) in [5.74, 6) is -0.780. The molecule has 1 heterocycles. The van der Waals surface area contributed by atoms with Crippen molar-refractivity contribution in [3.63, 3.8) is 0 Å². The Balaban J connectivity index is 1.55. The molecule has 2 saturated carbocycles. The van der Waals surface area contributed by atoms with Crippen molar-refractivity contribution in [1.82, 2.24) is 10.6 Å². The van der Waals surface area contributed by atoms with Gasteiger partial charge in [0.05, 0.1) is 11.5 Å². The Kier molecular flexibility index (Phi) is 4.77. The van der Waals surface area contributed by atoms with Gasteiger partial charge in [-0.1, -0.05) is 12.5 Å². The summed E-state index contributed by atoms with van der Waals surface area (Å²) in [5, 5.41) is 16.3. The Labute approximate surface area is 138 Å². The first kappa shape index (κ1) is 16.1. The number of amides is 2. The molecule has 6 nitrogen and oxygen atoms in total. The minimum atomic E-state index is -1.09. The van der Waals surface area contributed by atoms with Crippen molar-refractivity contribution in [2.24, 2.45) is 11.8 Å². The predicted octanol–water partition coefficient (Wildman–Crippen LogP) is 0.713. The Hall–Kier alpha value is -1.73. The highest BCUT2D eigenvalue weighted by Gasteiger charge is 2.40. The summed E-state index contributed by atoms with van der Waals surface area (Å²) < 4.78 is 0. The van der Waals surface area contributed by atoms with Gasteiger partial charge in [0.25, 0.3) is 11.7 Å². The van der Waals surface area contributed by atoms with Gasteiger partial charge in [-0.15, -0.1) is 11.3 Å². The van der Waals surface area contributed by atoms with Gasteiger partial charge in [-0.2, -0.15) is 0 Å². The fourth-order valence-corrected chi connectivity index (χ4v) is 4.30. The van der Waals surface area contributed by atoms with Gasteiger partial charge >= 0.3 is 0 Å². The highest BCUT2D eigenvalue weighted by Crippen LogP contribution is 2.44. The van der Waals surface area contributed by atoms with Crippen molar-refractivity contribution < 1.29 is 19.5 Å². The first-order valence-electron chi connectivity index (χ1n) is 7.88. The first-order chi connectivity index (χ1) is 11.1. The molecule has 2 amide bonds. The highest BCUT2D eigenvalue weighted by atomic mass is 32.1. The standard InChI is InChI=1S/C16H20N2O4S/c19-8-12(18-16(22)14(20)13-2-1-5-23-13)15(21)17-11-7-9-3-4-10(11)6-9/h1-2,5,9-12,19H,3-4,6-8H2,(H,17,21)(H,18,22)/t9?,10?,11?,12-/m0/s1. The topological polar surface area (TPSA) is 95.5 Å². The van der Waals surface area contributed by atoms with Gasteiger partial charge < -0.3 is 15.7 Å². The molecule has 3 unspecified atom stereocenters. The van der Waals surface area contributed by atoms with Crippen LogP contribution in [0.4, 0.5) is 0 Å². The van der Waals surface area contributed by atoms with Crippen molar-refractivity contribution in [2.75, 3.05) is 6.61 Å². The molecule has 7 heteroatoms. The van der Waals surface area contributed by atoms with E-state index in [1.54, 1.807) is 17.5 Å². The molecule has 2 bridgehead atoms. The van der Waals surface area contributed by atoms with Gasteiger partial charge in [0.15, 0.2) is 0 Å². The average molecular weight is 336 g/mol. The van der Waals surface area contributed by atoms with Crippen LogP contribution in [0.3, 0.4) is 0 Å². The minimum absolute atomic E-state index is 0.125. The molecule has 0 spiro atoms. The minimum Gasteiger partial charge on any atom is -0.394 e. The number of rotatable bonds is 6. The lowest BCUT2D eigenvalue weighted by Crippen LogP contribution is -2.53. The molecule has 3 rings (SSSR count). The predicted molar refractivity (Wildman–Crippen MR) is 85.0 cm³/mol. The van der Waals surface area contributed by atoms with E-state index in [1.807, 2.05) is 0 Å². The smallest absolute Gasteiger partial charge is 0.293 e. The van der Waals surface area contributed by atoms with Crippen LogP contribution in [-0.2, 0) is 9.59 Å². The van der Waals surface area contributed by atoms with Crippen LogP contribution in [0.1, 0.15) is 35.4 Å². The third-order valence-corrected chi connectivity index (χ3v) is 5.69. The summed E-state index contributed by atoms with van der Waals surface area (Å²) >= 11 is 1.16. The van der Waals surface area contributed by atoms with E-state index in [2.05, 4.69) is 10.6 Å². The maximum absolute atomic E-state index is 12.3. The summed E-state index contributed by atoms with van der Waals surface area (Å²) in [6, 6.07) is 2.26. The molecule has 0 radical (unpaired) electrons. The lowest BCUT2D eigenvalue weighted by atomic mass is 9.95. The molecule has 3 N–H and O–H groups in total. The van der Waals surface area contributed by atoms with E-state index >= 15 is 0 Å². The maximum atomic E-state index is 12.3. The number of hydrogen-bond donors (Lipinski definition) is 3. The largest absolute Gasteiger partial charge is 0.394 e. The molecular weight excluding hydrogens is 316 g/mol. The number of thiophene rings is 1. The number of carbonyl (C=O) groups excluding carboxylic acids is 3. The molecule has 124 valence electrons. The SMILES string of the molecule is O=C(N[C@@H](CO)C(=O)NC1CC2CCC1C2)C(=O)c1cccs1. The monoisotopic (exact) mass is 336 g/mol. The molecular formula is C16H20N2O4S. The van der Waals surface area contributed by atoms with Gasteiger partial charge in [0, 0.05) is 6.04 Å². The zero-order valence-electron chi connectivity index (χ0n) is 12.7. The van der Waals surface area contributed by atoms with Crippen LogP contribution >= 0.6 is 11.3 Å². The first-order valence-corrected chi connectivity index (χ1v) is 8.76.